The summed E-state index contributed by atoms with van der Waals surface area (Å²) < 4.78 is 2.54. The van der Waals surface area contributed by atoms with Gasteiger partial charge >= 0.3 is 0 Å². The molecule has 2 nitrogen and oxygen atoms in total. The molecule has 0 N–H and O–H groups in total. The molecule has 1 heterocycles. The van der Waals surface area contributed by atoms with Gasteiger partial charge in [-0.3, -0.25) is 0 Å². The topological polar surface area (TPSA) is 8.17 Å². The van der Waals surface area contributed by atoms with Gasteiger partial charge in [-0.2, -0.15) is 0 Å². The lowest BCUT2D eigenvalue weighted by Gasteiger charge is -2.29. The van der Waals surface area contributed by atoms with E-state index in [1.54, 1.807) is 0 Å². The number of hydrogen-bond acceptors (Lipinski definition) is 1. The number of nitrogens with zero attached hydrogens (tertiary/aromatic N) is 2. The van der Waals surface area contributed by atoms with E-state index in [1.807, 2.05) is 0 Å². The van der Waals surface area contributed by atoms with Crippen LogP contribution in [0, 0.1) is 0 Å². The van der Waals surface area contributed by atoms with Crippen molar-refractivity contribution in [2.75, 3.05) is 4.90 Å². The first-order valence-corrected chi connectivity index (χ1v) is 22.4. The van der Waals surface area contributed by atoms with Crippen LogP contribution in [-0.2, 0) is 5.41 Å². The third kappa shape index (κ3) is 6.14. The summed E-state index contributed by atoms with van der Waals surface area (Å²) in [6.45, 7) is 4.91. The summed E-state index contributed by atoms with van der Waals surface area (Å²) in [5.74, 6) is 1.37. The molecule has 0 unspecified atom stereocenters. The fourth-order valence-corrected chi connectivity index (χ4v) is 11.4. The monoisotopic (exact) mass is 766 g/mol. The molecular weight excluding hydrogens is 713 g/mol. The van der Waals surface area contributed by atoms with E-state index in [0.717, 1.165) is 0 Å². The van der Waals surface area contributed by atoms with Crippen molar-refractivity contribution in [3.05, 3.63) is 180 Å². The lowest BCUT2D eigenvalue weighted by molar-refractivity contribution is 0.443. The first kappa shape index (κ1) is 36.2. The molecular formula is C57H54N2. The Labute approximate surface area is 350 Å². The maximum absolute atomic E-state index is 2.54. The van der Waals surface area contributed by atoms with Gasteiger partial charge in [0.25, 0.3) is 0 Å². The van der Waals surface area contributed by atoms with Crippen molar-refractivity contribution in [1.82, 2.24) is 4.57 Å². The molecule has 0 spiro atoms. The predicted octanol–water partition coefficient (Wildman–Crippen LogP) is 16.3. The van der Waals surface area contributed by atoms with Gasteiger partial charge in [-0.1, -0.05) is 156 Å². The second-order valence-electron chi connectivity index (χ2n) is 18.2. The van der Waals surface area contributed by atoms with Crippen molar-refractivity contribution in [2.45, 2.75) is 95.3 Å². The van der Waals surface area contributed by atoms with Crippen LogP contribution in [-0.4, -0.2) is 4.57 Å². The van der Waals surface area contributed by atoms with E-state index >= 15 is 0 Å². The zero-order valence-electron chi connectivity index (χ0n) is 34.6. The number of benzene rings is 7. The van der Waals surface area contributed by atoms with Gasteiger partial charge in [0.15, 0.2) is 0 Å². The third-order valence-electron chi connectivity index (χ3n) is 14.4. The number of fused-ring (bicyclic) bond motifs is 7. The van der Waals surface area contributed by atoms with E-state index in [4.69, 9.17) is 0 Å². The molecule has 11 rings (SSSR count). The summed E-state index contributed by atoms with van der Waals surface area (Å²) in [6.07, 6.45) is 13.4. The standard InChI is InChI=1S/C57H54N2/c1-57(2)52-38-47(58(45-30-26-41(27-31-45)39-16-7-3-8-17-39)46-32-28-42(29-33-46)40-18-9-4-10-19-40)34-35-49(52)50-36-37-51-54-48(43-20-11-5-12-21-43)24-15-25-53(54)59(56(51)55(50)57)44-22-13-6-14-23-44/h5-6,11-15,20-40H,3-4,7-10,16-19H2,1-2H3. The van der Waals surface area contributed by atoms with Crippen LogP contribution in [0.4, 0.5) is 17.1 Å². The summed E-state index contributed by atoms with van der Waals surface area (Å²) in [6, 6.07) is 60.1. The Bertz CT molecular complexity index is 2720. The number of rotatable bonds is 7. The minimum Gasteiger partial charge on any atom is -0.310 e. The molecule has 2 fully saturated rings. The average Bonchev–Trinajstić information content (AvgIpc) is 3.76. The van der Waals surface area contributed by atoms with E-state index in [9.17, 15) is 0 Å². The molecule has 0 bridgehead atoms. The molecule has 2 heteroatoms. The molecule has 2 saturated carbocycles. The minimum atomic E-state index is -0.255. The highest BCUT2D eigenvalue weighted by Crippen LogP contribution is 2.55. The SMILES string of the molecule is CC1(C)c2cc(N(c3ccc(C4CCCCC4)cc3)c3ccc(C4CCCCC4)cc3)ccc2-c2ccc3c4c(-c5ccccc5)cccc4n(-c4ccccc4)c3c21. The summed E-state index contributed by atoms with van der Waals surface area (Å²) in [7, 11) is 0. The highest BCUT2D eigenvalue weighted by Gasteiger charge is 2.39. The Kier molecular flexibility index (Phi) is 9.06. The van der Waals surface area contributed by atoms with Gasteiger partial charge < -0.3 is 9.47 Å². The van der Waals surface area contributed by atoms with E-state index < -0.39 is 0 Å². The Morgan fingerprint density at radius 3 is 1.66 bits per heavy atom. The smallest absolute Gasteiger partial charge is 0.0588 e. The van der Waals surface area contributed by atoms with Gasteiger partial charge in [0.2, 0.25) is 0 Å². The molecule has 1 aromatic heterocycles. The Morgan fingerprint density at radius 1 is 0.492 bits per heavy atom. The van der Waals surface area contributed by atoms with Gasteiger partial charge in [-0.15, -0.1) is 0 Å². The Hall–Kier alpha value is -5.86. The van der Waals surface area contributed by atoms with Crippen LogP contribution < -0.4 is 4.90 Å². The number of para-hydroxylation sites is 1. The Morgan fingerprint density at radius 2 is 1.05 bits per heavy atom. The molecule has 0 aliphatic heterocycles. The summed E-state index contributed by atoms with van der Waals surface area (Å²) >= 11 is 0. The van der Waals surface area contributed by atoms with Crippen molar-refractivity contribution in [3.8, 4) is 27.9 Å². The number of anilines is 3. The lowest BCUT2D eigenvalue weighted by atomic mass is 9.81. The number of aromatic nitrogens is 1. The molecule has 59 heavy (non-hydrogen) atoms. The van der Waals surface area contributed by atoms with E-state index in [1.165, 1.54) is 153 Å². The third-order valence-corrected chi connectivity index (χ3v) is 14.4. The van der Waals surface area contributed by atoms with Crippen molar-refractivity contribution >= 4 is 38.9 Å². The minimum absolute atomic E-state index is 0.255. The molecule has 0 radical (unpaired) electrons. The molecule has 292 valence electrons. The van der Waals surface area contributed by atoms with Gasteiger partial charge in [0.05, 0.1) is 11.0 Å². The molecule has 8 aromatic rings. The quantitative estimate of drug-likeness (QED) is 0.157. The molecule has 0 saturated heterocycles. The second kappa shape index (κ2) is 14.8. The van der Waals surface area contributed by atoms with Gasteiger partial charge in [0, 0.05) is 38.9 Å². The summed E-state index contributed by atoms with van der Waals surface area (Å²) in [5, 5.41) is 2.62. The van der Waals surface area contributed by atoms with Gasteiger partial charge in [-0.25, -0.2) is 0 Å². The van der Waals surface area contributed by atoms with Crippen molar-refractivity contribution in [3.63, 3.8) is 0 Å². The Balaban J connectivity index is 1.07. The fourth-order valence-electron chi connectivity index (χ4n) is 11.4. The maximum atomic E-state index is 2.54. The molecule has 0 atom stereocenters. The molecule has 3 aliphatic rings. The van der Waals surface area contributed by atoms with Crippen molar-refractivity contribution in [2.24, 2.45) is 0 Å². The first-order valence-electron chi connectivity index (χ1n) is 22.4. The maximum Gasteiger partial charge on any atom is 0.0588 e. The zero-order chi connectivity index (χ0) is 39.5. The summed E-state index contributed by atoms with van der Waals surface area (Å²) in [5.41, 5.74) is 18.1. The summed E-state index contributed by atoms with van der Waals surface area (Å²) in [4.78, 5) is 2.51. The van der Waals surface area contributed by atoms with E-state index in [0.29, 0.717) is 11.8 Å². The number of hydrogen-bond donors (Lipinski definition) is 0. The zero-order valence-corrected chi connectivity index (χ0v) is 34.6. The second-order valence-corrected chi connectivity index (χ2v) is 18.2. The largest absolute Gasteiger partial charge is 0.310 e. The van der Waals surface area contributed by atoms with Crippen LogP contribution in [0.3, 0.4) is 0 Å². The first-order chi connectivity index (χ1) is 29.0. The van der Waals surface area contributed by atoms with Crippen molar-refractivity contribution in [1.29, 1.82) is 0 Å². The predicted molar refractivity (Wildman–Crippen MR) is 250 cm³/mol. The highest BCUT2D eigenvalue weighted by atomic mass is 15.1. The van der Waals surface area contributed by atoms with Crippen LogP contribution >= 0.6 is 0 Å². The average molecular weight is 767 g/mol. The molecule has 3 aliphatic carbocycles. The van der Waals surface area contributed by atoms with Crippen LogP contribution in [0.2, 0.25) is 0 Å². The van der Waals surface area contributed by atoms with Gasteiger partial charge in [0.1, 0.15) is 0 Å². The van der Waals surface area contributed by atoms with Crippen molar-refractivity contribution < 1.29 is 0 Å². The van der Waals surface area contributed by atoms with Crippen LogP contribution in [0.1, 0.15) is 112 Å². The van der Waals surface area contributed by atoms with E-state index in [2.05, 4.69) is 181 Å². The van der Waals surface area contributed by atoms with Crippen LogP contribution in [0.25, 0.3) is 49.7 Å². The highest BCUT2D eigenvalue weighted by molar-refractivity contribution is 6.18. The van der Waals surface area contributed by atoms with Gasteiger partial charge in [-0.05, 0) is 137 Å². The van der Waals surface area contributed by atoms with Crippen LogP contribution in [0.15, 0.2) is 158 Å². The molecule has 0 amide bonds. The van der Waals surface area contributed by atoms with E-state index in [-0.39, 0.29) is 5.41 Å². The van der Waals surface area contributed by atoms with Crippen LogP contribution in [0.5, 0.6) is 0 Å². The lowest BCUT2D eigenvalue weighted by Crippen LogP contribution is -2.18. The fraction of sp³-hybridized carbons (Fsp3) is 0.263. The molecule has 7 aromatic carbocycles. The normalized spacial score (nSPS) is 16.6.